The first kappa shape index (κ1) is 18.6. The van der Waals surface area contributed by atoms with E-state index < -0.39 is 0 Å². The maximum atomic E-state index is 14.2. The van der Waals surface area contributed by atoms with Crippen molar-refractivity contribution in [2.24, 2.45) is 0 Å². The fraction of sp³-hybridized carbons (Fsp3) is 0.174. The zero-order valence-electron chi connectivity index (χ0n) is 15.5. The number of para-hydroxylation sites is 1. The Morgan fingerprint density at radius 2 is 1.75 bits per heavy atom. The van der Waals surface area contributed by atoms with E-state index in [1.165, 1.54) is 6.07 Å². The summed E-state index contributed by atoms with van der Waals surface area (Å²) in [5, 5.41) is -0.00910. The van der Waals surface area contributed by atoms with Gasteiger partial charge in [-0.1, -0.05) is 42.5 Å². The molecule has 5 heteroatoms. The van der Waals surface area contributed by atoms with Gasteiger partial charge in [-0.3, -0.25) is 4.79 Å². The highest BCUT2D eigenvalue weighted by atomic mass is 32.2. The van der Waals surface area contributed by atoms with Gasteiger partial charge in [0.2, 0.25) is 5.91 Å². The highest BCUT2D eigenvalue weighted by molar-refractivity contribution is 7.99. The molecule has 0 aliphatic carbocycles. The van der Waals surface area contributed by atoms with Crippen LogP contribution in [0.4, 0.5) is 10.1 Å². The number of anilines is 1. The number of halogens is 1. The third kappa shape index (κ3) is 3.76. The molecule has 1 amide bonds. The van der Waals surface area contributed by atoms with Gasteiger partial charge in [-0.2, -0.15) is 0 Å². The molecule has 3 nitrogen and oxygen atoms in total. The van der Waals surface area contributed by atoms with Crippen LogP contribution in [-0.4, -0.2) is 13.0 Å². The van der Waals surface area contributed by atoms with E-state index in [9.17, 15) is 9.18 Å². The lowest BCUT2D eigenvalue weighted by atomic mass is 10.1. The van der Waals surface area contributed by atoms with E-state index in [-0.39, 0.29) is 23.5 Å². The van der Waals surface area contributed by atoms with Crippen LogP contribution < -0.4 is 9.64 Å². The monoisotopic (exact) mass is 393 g/mol. The predicted octanol–water partition coefficient (Wildman–Crippen LogP) is 5.60. The first-order valence-electron chi connectivity index (χ1n) is 9.09. The molecular weight excluding hydrogens is 373 g/mol. The molecule has 0 fully saturated rings. The maximum Gasteiger partial charge on any atom is 0.228 e. The number of carbonyl (C=O) groups is 1. The van der Waals surface area contributed by atoms with Crippen molar-refractivity contribution >= 4 is 23.4 Å². The van der Waals surface area contributed by atoms with Crippen molar-refractivity contribution in [1.29, 1.82) is 0 Å². The van der Waals surface area contributed by atoms with Gasteiger partial charge in [0.25, 0.3) is 0 Å². The molecule has 28 heavy (non-hydrogen) atoms. The minimum Gasteiger partial charge on any atom is -0.497 e. The Bertz CT molecular complexity index is 990. The predicted molar refractivity (Wildman–Crippen MR) is 110 cm³/mol. The van der Waals surface area contributed by atoms with Gasteiger partial charge in [0.15, 0.2) is 0 Å². The number of nitrogens with zero attached hydrogens (tertiary/aromatic N) is 1. The smallest absolute Gasteiger partial charge is 0.228 e. The second-order valence-electron chi connectivity index (χ2n) is 6.62. The molecule has 1 heterocycles. The van der Waals surface area contributed by atoms with Crippen molar-refractivity contribution in [3.63, 3.8) is 0 Å². The molecule has 0 spiro atoms. The average Bonchev–Trinajstić information content (AvgIpc) is 2.86. The van der Waals surface area contributed by atoms with Crippen LogP contribution >= 0.6 is 11.8 Å². The molecule has 3 aromatic rings. The van der Waals surface area contributed by atoms with Gasteiger partial charge in [0, 0.05) is 22.1 Å². The van der Waals surface area contributed by atoms with E-state index in [1.54, 1.807) is 42.0 Å². The number of thioether (sulfide) groups is 1. The zero-order chi connectivity index (χ0) is 19.5. The molecule has 1 atom stereocenters. The average molecular weight is 393 g/mol. The van der Waals surface area contributed by atoms with E-state index in [4.69, 9.17) is 4.74 Å². The third-order valence-corrected chi connectivity index (χ3v) is 6.18. The summed E-state index contributed by atoms with van der Waals surface area (Å²) in [6.45, 7) is 0.221. The van der Waals surface area contributed by atoms with E-state index in [0.717, 1.165) is 21.9 Å². The minimum absolute atomic E-state index is 0.00910. The summed E-state index contributed by atoms with van der Waals surface area (Å²) < 4.78 is 19.4. The topological polar surface area (TPSA) is 29.5 Å². The molecule has 0 saturated heterocycles. The molecule has 3 aromatic carbocycles. The quantitative estimate of drug-likeness (QED) is 0.577. The van der Waals surface area contributed by atoms with Crippen LogP contribution in [-0.2, 0) is 11.3 Å². The van der Waals surface area contributed by atoms with Crippen molar-refractivity contribution in [1.82, 2.24) is 0 Å². The van der Waals surface area contributed by atoms with Gasteiger partial charge in [0.05, 0.1) is 19.3 Å². The summed E-state index contributed by atoms with van der Waals surface area (Å²) in [4.78, 5) is 15.9. The number of hydrogen-bond donors (Lipinski definition) is 0. The van der Waals surface area contributed by atoms with Crippen LogP contribution in [0.5, 0.6) is 5.75 Å². The number of hydrogen-bond acceptors (Lipinski definition) is 3. The fourth-order valence-corrected chi connectivity index (χ4v) is 4.63. The largest absolute Gasteiger partial charge is 0.497 e. The van der Waals surface area contributed by atoms with Crippen LogP contribution in [0, 0.1) is 5.82 Å². The zero-order valence-corrected chi connectivity index (χ0v) is 16.3. The summed E-state index contributed by atoms with van der Waals surface area (Å²) >= 11 is 1.67. The molecule has 0 unspecified atom stereocenters. The highest BCUT2D eigenvalue weighted by Gasteiger charge is 2.29. The number of amides is 1. The summed E-state index contributed by atoms with van der Waals surface area (Å²) in [5.41, 5.74) is 2.41. The standard InChI is InChI=1S/C23H20FNO2S/c1-27-18-12-10-16(11-13-18)22-14-23(26)25(15-17-6-2-3-7-19(17)24)20-8-4-5-9-21(20)28-22/h2-13,22H,14-15H2,1H3/t22-/m0/s1. The molecule has 4 rings (SSSR count). The second kappa shape index (κ2) is 8.07. The highest BCUT2D eigenvalue weighted by Crippen LogP contribution is 2.46. The Hall–Kier alpha value is -2.79. The Morgan fingerprint density at radius 1 is 1.04 bits per heavy atom. The van der Waals surface area contributed by atoms with Gasteiger partial charge in [0.1, 0.15) is 11.6 Å². The lowest BCUT2D eigenvalue weighted by Crippen LogP contribution is -2.30. The molecule has 0 aromatic heterocycles. The van der Waals surface area contributed by atoms with Gasteiger partial charge < -0.3 is 9.64 Å². The lowest BCUT2D eigenvalue weighted by molar-refractivity contribution is -0.118. The minimum atomic E-state index is -0.295. The fourth-order valence-electron chi connectivity index (χ4n) is 3.35. The number of ether oxygens (including phenoxy) is 1. The van der Waals surface area contributed by atoms with E-state index in [2.05, 4.69) is 0 Å². The Labute approximate surface area is 168 Å². The third-order valence-electron chi connectivity index (χ3n) is 4.86. The van der Waals surface area contributed by atoms with Crippen LogP contribution in [0.1, 0.15) is 22.8 Å². The Kier molecular flexibility index (Phi) is 5.35. The first-order chi connectivity index (χ1) is 13.7. The molecule has 1 aliphatic heterocycles. The molecule has 0 radical (unpaired) electrons. The van der Waals surface area contributed by atoms with Gasteiger partial charge >= 0.3 is 0 Å². The SMILES string of the molecule is COc1ccc([C@@H]2CC(=O)N(Cc3ccccc3F)c3ccccc3S2)cc1. The summed E-state index contributed by atoms with van der Waals surface area (Å²) in [5.74, 6) is 0.480. The van der Waals surface area contributed by atoms with Crippen molar-refractivity contribution < 1.29 is 13.9 Å². The first-order valence-corrected chi connectivity index (χ1v) is 9.97. The molecule has 142 valence electrons. The van der Waals surface area contributed by atoms with E-state index in [1.807, 2.05) is 48.5 Å². The van der Waals surface area contributed by atoms with E-state index in [0.29, 0.717) is 12.0 Å². The number of carbonyl (C=O) groups excluding carboxylic acids is 1. The van der Waals surface area contributed by atoms with Crippen molar-refractivity contribution in [3.8, 4) is 5.75 Å². The van der Waals surface area contributed by atoms with Crippen molar-refractivity contribution in [3.05, 3.63) is 89.7 Å². The molecule has 0 saturated carbocycles. The van der Waals surface area contributed by atoms with E-state index >= 15 is 0 Å². The molecule has 0 N–H and O–H groups in total. The Balaban J connectivity index is 1.68. The molecular formula is C23H20FNO2S. The number of methoxy groups -OCH3 is 1. The van der Waals surface area contributed by atoms with Gasteiger partial charge in [-0.05, 0) is 35.9 Å². The normalized spacial score (nSPS) is 16.4. The maximum absolute atomic E-state index is 14.2. The second-order valence-corrected chi connectivity index (χ2v) is 7.87. The van der Waals surface area contributed by atoms with Crippen LogP contribution in [0.25, 0.3) is 0 Å². The van der Waals surface area contributed by atoms with Crippen molar-refractivity contribution in [2.45, 2.75) is 23.1 Å². The van der Waals surface area contributed by atoms with Gasteiger partial charge in [-0.15, -0.1) is 11.8 Å². The summed E-state index contributed by atoms with van der Waals surface area (Å²) in [6.07, 6.45) is 0.347. The van der Waals surface area contributed by atoms with Crippen LogP contribution in [0.2, 0.25) is 0 Å². The summed E-state index contributed by atoms with van der Waals surface area (Å²) in [6, 6.07) is 22.3. The van der Waals surface area contributed by atoms with Crippen LogP contribution in [0.15, 0.2) is 77.7 Å². The number of rotatable bonds is 4. The molecule has 0 bridgehead atoms. The lowest BCUT2D eigenvalue weighted by Gasteiger charge is -2.23. The number of benzene rings is 3. The van der Waals surface area contributed by atoms with Crippen LogP contribution in [0.3, 0.4) is 0 Å². The Morgan fingerprint density at radius 3 is 2.50 bits per heavy atom. The van der Waals surface area contributed by atoms with Gasteiger partial charge in [-0.25, -0.2) is 4.39 Å². The molecule has 1 aliphatic rings. The van der Waals surface area contributed by atoms with Crippen molar-refractivity contribution in [2.75, 3.05) is 12.0 Å². The summed E-state index contributed by atoms with van der Waals surface area (Å²) in [7, 11) is 1.63. The number of fused-ring (bicyclic) bond motifs is 1.